The maximum absolute atomic E-state index is 12.0. The van der Waals surface area contributed by atoms with Crippen LogP contribution >= 0.6 is 11.3 Å². The molecule has 18 heavy (non-hydrogen) atoms. The molecule has 1 heterocycles. The van der Waals surface area contributed by atoms with Gasteiger partial charge in [-0.05, 0) is 37.6 Å². The van der Waals surface area contributed by atoms with Crippen LogP contribution in [0.2, 0.25) is 0 Å². The van der Waals surface area contributed by atoms with Crippen molar-refractivity contribution < 1.29 is 14.3 Å². The number of hydrogen-bond donors (Lipinski definition) is 2. The average Bonchev–Trinajstić information content (AvgIpc) is 2.74. The summed E-state index contributed by atoms with van der Waals surface area (Å²) in [5.41, 5.74) is 5.54. The van der Waals surface area contributed by atoms with Crippen molar-refractivity contribution in [2.24, 2.45) is 5.73 Å². The van der Waals surface area contributed by atoms with Crippen molar-refractivity contribution in [3.8, 4) is 0 Å². The molecule has 0 bridgehead atoms. The molecule has 0 unspecified atom stereocenters. The molecular formula is C12H16N2O3S. The number of hydrogen-bond acceptors (Lipinski definition) is 5. The van der Waals surface area contributed by atoms with Crippen LogP contribution in [0.4, 0.5) is 5.00 Å². The number of nitrogens with one attached hydrogen (secondary N) is 1. The van der Waals surface area contributed by atoms with Crippen LogP contribution in [0.25, 0.3) is 0 Å². The van der Waals surface area contributed by atoms with Crippen LogP contribution in [-0.4, -0.2) is 24.0 Å². The molecule has 0 saturated heterocycles. The highest BCUT2D eigenvalue weighted by molar-refractivity contribution is 7.14. The van der Waals surface area contributed by atoms with E-state index in [-0.39, 0.29) is 5.91 Å². The molecule has 3 N–H and O–H groups in total. The number of esters is 1. The molecule has 0 aliphatic heterocycles. The summed E-state index contributed by atoms with van der Waals surface area (Å²) in [5.74, 6) is -0.643. The third-order valence-electron chi connectivity index (χ3n) is 3.09. The lowest BCUT2D eigenvalue weighted by atomic mass is 9.77. The Balaban J connectivity index is 2.08. The summed E-state index contributed by atoms with van der Waals surface area (Å²) in [6.45, 7) is 2.05. The summed E-state index contributed by atoms with van der Waals surface area (Å²) >= 11 is 1.29. The Labute approximate surface area is 109 Å². The third-order valence-corrected chi connectivity index (χ3v) is 3.92. The Bertz CT molecular complexity index is 466. The zero-order chi connectivity index (χ0) is 13.2. The monoisotopic (exact) mass is 268 g/mol. The first kappa shape index (κ1) is 13.0. The van der Waals surface area contributed by atoms with E-state index in [1.165, 1.54) is 11.3 Å². The normalized spacial score (nSPS) is 16.8. The van der Waals surface area contributed by atoms with E-state index in [2.05, 4.69) is 5.32 Å². The van der Waals surface area contributed by atoms with E-state index >= 15 is 0 Å². The number of nitrogens with two attached hydrogens (primary N) is 1. The molecule has 1 aromatic rings. The molecule has 1 fully saturated rings. The molecule has 1 aliphatic carbocycles. The van der Waals surface area contributed by atoms with E-state index in [4.69, 9.17) is 10.5 Å². The molecule has 1 saturated carbocycles. The van der Waals surface area contributed by atoms with Crippen LogP contribution in [-0.2, 0) is 9.53 Å². The molecule has 5 nitrogen and oxygen atoms in total. The number of anilines is 1. The van der Waals surface area contributed by atoms with Gasteiger partial charge >= 0.3 is 5.97 Å². The molecule has 1 aromatic heterocycles. The lowest BCUT2D eigenvalue weighted by molar-refractivity contribution is -0.123. The van der Waals surface area contributed by atoms with E-state index in [1.54, 1.807) is 18.4 Å². The summed E-state index contributed by atoms with van der Waals surface area (Å²) in [4.78, 5) is 23.6. The van der Waals surface area contributed by atoms with Crippen molar-refractivity contribution in [3.63, 3.8) is 0 Å². The van der Waals surface area contributed by atoms with Gasteiger partial charge in [0.25, 0.3) is 0 Å². The quantitative estimate of drug-likeness (QED) is 0.815. The van der Waals surface area contributed by atoms with Crippen molar-refractivity contribution >= 4 is 28.2 Å². The highest BCUT2D eigenvalue weighted by atomic mass is 32.1. The second-order valence-corrected chi connectivity index (χ2v) is 5.26. The molecule has 0 aromatic carbocycles. The van der Waals surface area contributed by atoms with Crippen molar-refractivity contribution in [1.82, 2.24) is 0 Å². The fourth-order valence-corrected chi connectivity index (χ4v) is 2.56. The number of amides is 1. The number of rotatable bonds is 4. The van der Waals surface area contributed by atoms with Gasteiger partial charge in [0.05, 0.1) is 17.7 Å². The second kappa shape index (κ2) is 5.07. The van der Waals surface area contributed by atoms with E-state index < -0.39 is 11.5 Å². The van der Waals surface area contributed by atoms with Gasteiger partial charge in [-0.3, -0.25) is 4.79 Å². The van der Waals surface area contributed by atoms with Gasteiger partial charge in [0.1, 0.15) is 5.00 Å². The molecule has 2 rings (SSSR count). The lowest BCUT2D eigenvalue weighted by Crippen LogP contribution is -2.56. The minimum Gasteiger partial charge on any atom is -0.462 e. The van der Waals surface area contributed by atoms with Gasteiger partial charge in [-0.25, -0.2) is 4.79 Å². The first-order valence-corrected chi connectivity index (χ1v) is 6.80. The Morgan fingerprint density at radius 3 is 2.83 bits per heavy atom. The van der Waals surface area contributed by atoms with Crippen LogP contribution < -0.4 is 11.1 Å². The average molecular weight is 268 g/mol. The van der Waals surface area contributed by atoms with E-state index in [9.17, 15) is 9.59 Å². The molecule has 6 heteroatoms. The van der Waals surface area contributed by atoms with Gasteiger partial charge in [0.2, 0.25) is 5.91 Å². The molecule has 1 aliphatic rings. The van der Waals surface area contributed by atoms with Crippen molar-refractivity contribution in [3.05, 3.63) is 17.0 Å². The standard InChI is InChI=1S/C12H16N2O3S/c1-2-17-10(15)8-4-7-18-9(8)14-11(16)12(13)5-3-6-12/h4,7H,2-3,5-6,13H2,1H3,(H,14,16). The van der Waals surface area contributed by atoms with Crippen LogP contribution in [0.1, 0.15) is 36.5 Å². The number of ether oxygens (including phenoxy) is 1. The van der Waals surface area contributed by atoms with Crippen LogP contribution in [0.15, 0.2) is 11.4 Å². The molecule has 0 spiro atoms. The van der Waals surface area contributed by atoms with Crippen LogP contribution in [0.3, 0.4) is 0 Å². The zero-order valence-corrected chi connectivity index (χ0v) is 11.0. The molecule has 1 amide bonds. The summed E-state index contributed by atoms with van der Waals surface area (Å²) in [7, 11) is 0. The number of thiophene rings is 1. The summed E-state index contributed by atoms with van der Waals surface area (Å²) in [6.07, 6.45) is 2.36. The highest BCUT2D eigenvalue weighted by Gasteiger charge is 2.40. The van der Waals surface area contributed by atoms with E-state index in [1.807, 2.05) is 0 Å². The summed E-state index contributed by atoms with van der Waals surface area (Å²) in [6, 6.07) is 1.64. The Kier molecular flexibility index (Phi) is 3.68. The minimum atomic E-state index is -0.768. The van der Waals surface area contributed by atoms with Gasteiger partial charge in [0.15, 0.2) is 0 Å². The van der Waals surface area contributed by atoms with Crippen LogP contribution in [0, 0.1) is 0 Å². The second-order valence-electron chi connectivity index (χ2n) is 4.35. The lowest BCUT2D eigenvalue weighted by Gasteiger charge is -2.36. The fraction of sp³-hybridized carbons (Fsp3) is 0.500. The first-order valence-electron chi connectivity index (χ1n) is 5.92. The zero-order valence-electron chi connectivity index (χ0n) is 10.2. The smallest absolute Gasteiger partial charge is 0.341 e. The molecule has 0 radical (unpaired) electrons. The van der Waals surface area contributed by atoms with Crippen molar-refractivity contribution in [2.45, 2.75) is 31.7 Å². The predicted octanol–water partition coefficient (Wildman–Crippen LogP) is 1.74. The van der Waals surface area contributed by atoms with Crippen LogP contribution in [0.5, 0.6) is 0 Å². The predicted molar refractivity (Wildman–Crippen MR) is 69.7 cm³/mol. The summed E-state index contributed by atoms with van der Waals surface area (Å²) in [5, 5.41) is 4.98. The van der Waals surface area contributed by atoms with E-state index in [0.29, 0.717) is 30.0 Å². The van der Waals surface area contributed by atoms with Crippen molar-refractivity contribution in [2.75, 3.05) is 11.9 Å². The van der Waals surface area contributed by atoms with Gasteiger partial charge in [-0.1, -0.05) is 0 Å². The SMILES string of the molecule is CCOC(=O)c1ccsc1NC(=O)C1(N)CCC1. The molecule has 98 valence electrons. The third kappa shape index (κ3) is 2.39. The van der Waals surface area contributed by atoms with Gasteiger partial charge in [-0.15, -0.1) is 11.3 Å². The van der Waals surface area contributed by atoms with Crippen molar-refractivity contribution in [1.29, 1.82) is 0 Å². The number of carbonyl (C=O) groups excluding carboxylic acids is 2. The number of carbonyl (C=O) groups is 2. The maximum Gasteiger partial charge on any atom is 0.341 e. The molecule has 0 atom stereocenters. The topological polar surface area (TPSA) is 81.4 Å². The Morgan fingerprint density at radius 2 is 2.28 bits per heavy atom. The van der Waals surface area contributed by atoms with Gasteiger partial charge in [0, 0.05) is 0 Å². The Hall–Kier alpha value is -1.40. The maximum atomic E-state index is 12.0. The van der Waals surface area contributed by atoms with E-state index in [0.717, 1.165) is 6.42 Å². The van der Waals surface area contributed by atoms with Gasteiger partial charge in [-0.2, -0.15) is 0 Å². The highest BCUT2D eigenvalue weighted by Crippen LogP contribution is 2.32. The fourth-order valence-electron chi connectivity index (χ4n) is 1.79. The van der Waals surface area contributed by atoms with Gasteiger partial charge < -0.3 is 15.8 Å². The largest absolute Gasteiger partial charge is 0.462 e. The first-order chi connectivity index (χ1) is 8.57. The summed E-state index contributed by atoms with van der Waals surface area (Å²) < 4.78 is 4.92. The minimum absolute atomic E-state index is 0.221. The Morgan fingerprint density at radius 1 is 1.56 bits per heavy atom. The molecular weight excluding hydrogens is 252 g/mol.